The molecule has 5 heteroatoms. The first-order chi connectivity index (χ1) is 10.6. The summed E-state index contributed by atoms with van der Waals surface area (Å²) in [5.41, 5.74) is 0.568. The number of methoxy groups -OCH3 is 1. The van der Waals surface area contributed by atoms with Crippen molar-refractivity contribution in [2.75, 3.05) is 19.0 Å². The van der Waals surface area contributed by atoms with Crippen LogP contribution in [0.25, 0.3) is 0 Å². The molecule has 0 aromatic heterocycles. The summed E-state index contributed by atoms with van der Waals surface area (Å²) >= 11 is 0. The minimum absolute atomic E-state index is 0.428. The average Bonchev–Trinajstić information content (AvgIpc) is 2.55. The number of nitrogens with one attached hydrogen (secondary N) is 2. The topological polar surface area (TPSA) is 67.4 Å². The number of benzene rings is 1. The van der Waals surface area contributed by atoms with E-state index in [1.54, 1.807) is 31.4 Å². The third kappa shape index (κ3) is 6.16. The number of unbranched alkanes of at least 4 members (excludes halogenated alkanes) is 1. The van der Waals surface area contributed by atoms with Gasteiger partial charge in [0.2, 0.25) is 0 Å². The standard InChI is InChI=1S/C17H26N2O3/c1-4-6-7-13(5-2)12-18-16(20)17(21)19-14-8-10-15(22-3)11-9-14/h8-11,13H,4-7,12H2,1-3H3,(H,18,20)(H,19,21). The molecular weight excluding hydrogens is 280 g/mol. The van der Waals surface area contributed by atoms with Crippen molar-refractivity contribution in [3.05, 3.63) is 24.3 Å². The molecule has 0 fully saturated rings. The van der Waals surface area contributed by atoms with Gasteiger partial charge in [-0.3, -0.25) is 9.59 Å². The zero-order valence-electron chi connectivity index (χ0n) is 13.6. The van der Waals surface area contributed by atoms with Crippen LogP contribution in [0, 0.1) is 5.92 Å². The number of carbonyl (C=O) groups is 2. The molecule has 5 nitrogen and oxygen atoms in total. The number of hydrogen-bond donors (Lipinski definition) is 2. The van der Waals surface area contributed by atoms with E-state index < -0.39 is 11.8 Å². The molecule has 0 radical (unpaired) electrons. The van der Waals surface area contributed by atoms with Crippen LogP contribution in [0.2, 0.25) is 0 Å². The molecule has 1 atom stereocenters. The van der Waals surface area contributed by atoms with E-state index in [9.17, 15) is 9.59 Å². The highest BCUT2D eigenvalue weighted by Crippen LogP contribution is 2.15. The summed E-state index contributed by atoms with van der Waals surface area (Å²) in [7, 11) is 1.57. The molecule has 0 heterocycles. The highest BCUT2D eigenvalue weighted by molar-refractivity contribution is 6.39. The van der Waals surface area contributed by atoms with E-state index in [2.05, 4.69) is 24.5 Å². The van der Waals surface area contributed by atoms with Crippen molar-refractivity contribution >= 4 is 17.5 Å². The summed E-state index contributed by atoms with van der Waals surface area (Å²) in [4.78, 5) is 23.6. The van der Waals surface area contributed by atoms with Gasteiger partial charge in [-0.25, -0.2) is 0 Å². The van der Waals surface area contributed by atoms with Gasteiger partial charge in [-0.05, 0) is 36.6 Å². The van der Waals surface area contributed by atoms with Crippen molar-refractivity contribution in [3.8, 4) is 5.75 Å². The summed E-state index contributed by atoms with van der Waals surface area (Å²) in [6, 6.07) is 6.84. The first-order valence-corrected chi connectivity index (χ1v) is 7.83. The second-order valence-corrected chi connectivity index (χ2v) is 5.31. The Bertz CT molecular complexity index is 471. The molecule has 2 N–H and O–H groups in total. The summed E-state index contributed by atoms with van der Waals surface area (Å²) in [5.74, 6) is -0.108. The Morgan fingerprint density at radius 2 is 1.82 bits per heavy atom. The average molecular weight is 306 g/mol. The van der Waals surface area contributed by atoms with E-state index >= 15 is 0 Å². The molecular formula is C17H26N2O3. The lowest BCUT2D eigenvalue weighted by Gasteiger charge is -2.15. The Hall–Kier alpha value is -2.04. The number of hydrogen-bond acceptors (Lipinski definition) is 3. The van der Waals surface area contributed by atoms with Crippen LogP contribution in [0.3, 0.4) is 0 Å². The second kappa shape index (κ2) is 9.82. The minimum atomic E-state index is -0.643. The number of amides is 2. The van der Waals surface area contributed by atoms with Crippen LogP contribution in [0.5, 0.6) is 5.75 Å². The Morgan fingerprint density at radius 3 is 2.36 bits per heavy atom. The van der Waals surface area contributed by atoms with Gasteiger partial charge < -0.3 is 15.4 Å². The smallest absolute Gasteiger partial charge is 0.313 e. The second-order valence-electron chi connectivity index (χ2n) is 5.31. The zero-order valence-corrected chi connectivity index (χ0v) is 13.6. The maximum atomic E-state index is 11.8. The monoisotopic (exact) mass is 306 g/mol. The van der Waals surface area contributed by atoms with Crippen LogP contribution < -0.4 is 15.4 Å². The summed E-state index contributed by atoms with van der Waals surface area (Å²) in [6.07, 6.45) is 4.36. The maximum absolute atomic E-state index is 11.8. The number of anilines is 1. The minimum Gasteiger partial charge on any atom is -0.497 e. The van der Waals surface area contributed by atoms with Gasteiger partial charge in [0.15, 0.2) is 0 Å². The quantitative estimate of drug-likeness (QED) is 0.726. The van der Waals surface area contributed by atoms with Crippen LogP contribution >= 0.6 is 0 Å². The first-order valence-electron chi connectivity index (χ1n) is 7.83. The molecule has 22 heavy (non-hydrogen) atoms. The summed E-state index contributed by atoms with van der Waals surface area (Å²) in [5, 5.41) is 5.28. The van der Waals surface area contributed by atoms with Crippen molar-refractivity contribution in [3.63, 3.8) is 0 Å². The lowest BCUT2D eigenvalue weighted by Crippen LogP contribution is -2.38. The molecule has 1 rings (SSSR count). The van der Waals surface area contributed by atoms with Gasteiger partial charge in [0, 0.05) is 12.2 Å². The third-order valence-electron chi connectivity index (χ3n) is 3.65. The van der Waals surface area contributed by atoms with Crippen LogP contribution in [-0.2, 0) is 9.59 Å². The fraction of sp³-hybridized carbons (Fsp3) is 0.529. The van der Waals surface area contributed by atoms with E-state index in [1.165, 1.54) is 0 Å². The Morgan fingerprint density at radius 1 is 1.14 bits per heavy atom. The molecule has 0 bridgehead atoms. The van der Waals surface area contributed by atoms with Gasteiger partial charge in [-0.1, -0.05) is 33.1 Å². The molecule has 122 valence electrons. The third-order valence-corrected chi connectivity index (χ3v) is 3.65. The normalized spacial score (nSPS) is 11.6. The van der Waals surface area contributed by atoms with Crippen LogP contribution in [0.4, 0.5) is 5.69 Å². The molecule has 0 saturated carbocycles. The molecule has 1 aromatic carbocycles. The summed E-state index contributed by atoms with van der Waals surface area (Å²) in [6.45, 7) is 4.79. The van der Waals surface area contributed by atoms with Crippen molar-refractivity contribution in [2.45, 2.75) is 39.5 Å². The zero-order chi connectivity index (χ0) is 16.4. The Balaban J connectivity index is 2.42. The predicted octanol–water partition coefficient (Wildman–Crippen LogP) is 2.97. The van der Waals surface area contributed by atoms with E-state index in [4.69, 9.17) is 4.74 Å². The van der Waals surface area contributed by atoms with E-state index in [0.717, 1.165) is 25.7 Å². The fourth-order valence-electron chi connectivity index (χ4n) is 2.12. The van der Waals surface area contributed by atoms with Gasteiger partial charge in [0.25, 0.3) is 0 Å². The Kier molecular flexibility index (Phi) is 8.04. The van der Waals surface area contributed by atoms with E-state index in [-0.39, 0.29) is 0 Å². The van der Waals surface area contributed by atoms with Crippen LogP contribution in [0.15, 0.2) is 24.3 Å². The maximum Gasteiger partial charge on any atom is 0.313 e. The van der Waals surface area contributed by atoms with Gasteiger partial charge in [0.05, 0.1) is 7.11 Å². The molecule has 0 spiro atoms. The molecule has 0 aliphatic heterocycles. The lowest BCUT2D eigenvalue weighted by molar-refractivity contribution is -0.136. The number of carbonyl (C=O) groups excluding carboxylic acids is 2. The molecule has 0 saturated heterocycles. The number of rotatable bonds is 8. The van der Waals surface area contributed by atoms with Gasteiger partial charge in [0.1, 0.15) is 5.75 Å². The van der Waals surface area contributed by atoms with Gasteiger partial charge in [-0.15, -0.1) is 0 Å². The largest absolute Gasteiger partial charge is 0.497 e. The van der Waals surface area contributed by atoms with Crippen molar-refractivity contribution < 1.29 is 14.3 Å². The van der Waals surface area contributed by atoms with Gasteiger partial charge in [-0.2, -0.15) is 0 Å². The van der Waals surface area contributed by atoms with Crippen molar-refractivity contribution in [2.24, 2.45) is 5.92 Å². The molecule has 1 unspecified atom stereocenters. The Labute approximate surface area is 132 Å². The van der Waals surface area contributed by atoms with Crippen molar-refractivity contribution in [1.82, 2.24) is 5.32 Å². The van der Waals surface area contributed by atoms with Crippen LogP contribution in [-0.4, -0.2) is 25.5 Å². The molecule has 2 amide bonds. The van der Waals surface area contributed by atoms with Gasteiger partial charge >= 0.3 is 11.8 Å². The van der Waals surface area contributed by atoms with E-state index in [1.807, 2.05) is 0 Å². The van der Waals surface area contributed by atoms with Crippen molar-refractivity contribution in [1.29, 1.82) is 0 Å². The first kappa shape index (κ1) is 18.0. The SMILES string of the molecule is CCCCC(CC)CNC(=O)C(=O)Nc1ccc(OC)cc1. The highest BCUT2D eigenvalue weighted by atomic mass is 16.5. The fourth-order valence-corrected chi connectivity index (χ4v) is 2.12. The predicted molar refractivity (Wildman–Crippen MR) is 87.9 cm³/mol. The number of ether oxygens (including phenoxy) is 1. The summed E-state index contributed by atoms with van der Waals surface area (Å²) < 4.78 is 5.04. The van der Waals surface area contributed by atoms with Crippen LogP contribution in [0.1, 0.15) is 39.5 Å². The lowest BCUT2D eigenvalue weighted by atomic mass is 9.99. The highest BCUT2D eigenvalue weighted by Gasteiger charge is 2.15. The van der Waals surface area contributed by atoms with E-state index in [0.29, 0.717) is 23.9 Å². The molecule has 0 aliphatic rings. The molecule has 0 aliphatic carbocycles. The molecule has 1 aromatic rings.